The Morgan fingerprint density at radius 3 is 2.52 bits per heavy atom. The Labute approximate surface area is 365 Å². The summed E-state index contributed by atoms with van der Waals surface area (Å²) in [4.78, 5) is 74.6. The van der Waals surface area contributed by atoms with Gasteiger partial charge in [-0.15, -0.1) is 0 Å². The summed E-state index contributed by atoms with van der Waals surface area (Å²) in [6.45, 7) is 6.42. The molecule has 63 heavy (non-hydrogen) atoms. The van der Waals surface area contributed by atoms with Crippen LogP contribution >= 0.6 is 0 Å². The predicted molar refractivity (Wildman–Crippen MR) is 232 cm³/mol. The number of nitrogens with zero attached hydrogens (tertiary/aromatic N) is 7. The topological polar surface area (TPSA) is 176 Å². The second kappa shape index (κ2) is 18.8. The van der Waals surface area contributed by atoms with Crippen molar-refractivity contribution in [3.8, 4) is 5.75 Å². The molecule has 1 unspecified atom stereocenters. The molecule has 6 heterocycles. The number of unbranched alkanes of at least 4 members (excludes halogenated alkanes) is 3. The number of hydrogen-bond donors (Lipinski definition) is 2. The molecule has 1 aromatic heterocycles. The van der Waals surface area contributed by atoms with Crippen LogP contribution < -0.4 is 20.7 Å². The number of piperidine rings is 2. The van der Waals surface area contributed by atoms with Crippen LogP contribution in [-0.2, 0) is 33.8 Å². The van der Waals surface area contributed by atoms with E-state index in [2.05, 4.69) is 24.8 Å². The highest BCUT2D eigenvalue weighted by Crippen LogP contribution is 2.43. The first-order valence-corrected chi connectivity index (χ1v) is 22.1. The zero-order valence-electron chi connectivity index (χ0n) is 35.9. The molecular formula is C46H55F2N9O6. The summed E-state index contributed by atoms with van der Waals surface area (Å²) in [6.07, 6.45) is 8.03. The first-order valence-electron chi connectivity index (χ1n) is 22.1. The van der Waals surface area contributed by atoms with Crippen molar-refractivity contribution in [1.29, 1.82) is 0 Å². The van der Waals surface area contributed by atoms with Crippen molar-refractivity contribution in [1.82, 2.24) is 29.8 Å². The lowest BCUT2D eigenvalue weighted by Crippen LogP contribution is -2.54. The minimum Gasteiger partial charge on any atom is -0.493 e. The van der Waals surface area contributed by atoms with Crippen LogP contribution in [0.3, 0.4) is 0 Å². The number of nitrogens with two attached hydrogens (primary N) is 1. The van der Waals surface area contributed by atoms with Gasteiger partial charge in [0.05, 0.1) is 30.3 Å². The number of hydrogen-bond acceptors (Lipinski definition) is 11. The van der Waals surface area contributed by atoms with Gasteiger partial charge in [-0.05, 0) is 86.9 Å². The number of fused-ring (bicyclic) bond motifs is 3. The van der Waals surface area contributed by atoms with Gasteiger partial charge in [0.25, 0.3) is 18.2 Å². The summed E-state index contributed by atoms with van der Waals surface area (Å²) >= 11 is 0. The lowest BCUT2D eigenvalue weighted by atomic mass is 9.92. The second-order valence-electron chi connectivity index (χ2n) is 17.0. The molecule has 2 fully saturated rings. The lowest BCUT2D eigenvalue weighted by molar-refractivity contribution is -0.136. The molecule has 0 saturated carbocycles. The molecular weight excluding hydrogens is 813 g/mol. The Kier molecular flexibility index (Phi) is 13.0. The van der Waals surface area contributed by atoms with E-state index in [0.717, 1.165) is 98.5 Å². The van der Waals surface area contributed by atoms with E-state index in [-0.39, 0.29) is 41.5 Å². The number of anilines is 2. The third-order valence-corrected chi connectivity index (χ3v) is 13.1. The van der Waals surface area contributed by atoms with Gasteiger partial charge >= 0.3 is 0 Å². The van der Waals surface area contributed by atoms with Crippen LogP contribution in [-0.4, -0.2) is 113 Å². The largest absolute Gasteiger partial charge is 0.493 e. The Balaban J connectivity index is 0.865. The summed E-state index contributed by atoms with van der Waals surface area (Å²) in [5, 5.41) is 7.51. The second-order valence-corrected chi connectivity index (χ2v) is 17.0. The number of aliphatic imine (C=N–C) groups is 1. The van der Waals surface area contributed by atoms with Crippen molar-refractivity contribution in [2.75, 3.05) is 51.3 Å². The minimum absolute atomic E-state index is 0.00354. The fourth-order valence-corrected chi connectivity index (χ4v) is 9.82. The first kappa shape index (κ1) is 43.7. The zero-order valence-corrected chi connectivity index (χ0v) is 35.9. The van der Waals surface area contributed by atoms with E-state index in [1.165, 1.54) is 12.4 Å². The number of benzene rings is 2. The first-order chi connectivity index (χ1) is 30.5. The van der Waals surface area contributed by atoms with E-state index < -0.39 is 36.1 Å². The Morgan fingerprint density at radius 1 is 1.00 bits per heavy atom. The summed E-state index contributed by atoms with van der Waals surface area (Å²) in [5.74, 6) is -1.15. The number of likely N-dealkylation sites (tertiary alicyclic amines) is 1. The van der Waals surface area contributed by atoms with E-state index >= 15 is 0 Å². The molecule has 0 spiro atoms. The minimum atomic E-state index is -2.72. The third-order valence-electron chi connectivity index (χ3n) is 13.1. The van der Waals surface area contributed by atoms with Crippen LogP contribution in [0.1, 0.15) is 126 Å². The highest BCUT2D eigenvalue weighted by molar-refractivity contribution is 6.24. The van der Waals surface area contributed by atoms with E-state index in [1.54, 1.807) is 38.2 Å². The molecule has 1 atom stereocenters. The number of aromatic nitrogens is 2. The molecule has 8 rings (SSSR count). The molecule has 15 nitrogen and oxygen atoms in total. The fraction of sp³-hybridized carbons (Fsp3) is 0.500. The van der Waals surface area contributed by atoms with Crippen LogP contribution in [0.4, 0.5) is 20.3 Å². The van der Waals surface area contributed by atoms with Crippen LogP contribution in [0.15, 0.2) is 41.5 Å². The van der Waals surface area contributed by atoms with E-state index in [1.807, 2.05) is 11.0 Å². The SMILES string of the molecule is CN=C/C(=C\N)c1cc2c(cc1C(F)F)N(c1nn(C3CCN(CCCCCCOc4cccc5c4C(=O)N(C4CCC(=O)NC4=O)C5=O)CC3)c3c1CN(C(C)=O)CC3)CCC2. The quantitative estimate of drug-likeness (QED) is 0.120. The highest BCUT2D eigenvalue weighted by atomic mass is 19.3. The number of carbonyl (C=O) groups is 5. The van der Waals surface area contributed by atoms with Crippen molar-refractivity contribution in [3.63, 3.8) is 0 Å². The Hall–Kier alpha value is -5.97. The molecule has 3 N–H and O–H groups in total. The maximum absolute atomic E-state index is 14.7. The van der Waals surface area contributed by atoms with E-state index in [9.17, 15) is 32.8 Å². The van der Waals surface area contributed by atoms with Crippen molar-refractivity contribution >= 4 is 52.8 Å². The number of carbonyl (C=O) groups excluding carboxylic acids is 5. The average Bonchev–Trinajstić information content (AvgIpc) is 3.78. The van der Waals surface area contributed by atoms with E-state index in [4.69, 9.17) is 15.6 Å². The number of aryl methyl sites for hydroxylation is 1. The monoisotopic (exact) mass is 867 g/mol. The molecule has 3 aromatic rings. The van der Waals surface area contributed by atoms with Crippen molar-refractivity contribution in [2.24, 2.45) is 10.7 Å². The van der Waals surface area contributed by atoms with Crippen LogP contribution in [0, 0.1) is 0 Å². The van der Waals surface area contributed by atoms with Gasteiger partial charge in [0.1, 0.15) is 11.8 Å². The number of amides is 5. The van der Waals surface area contributed by atoms with Crippen molar-refractivity contribution in [2.45, 2.75) is 103 Å². The molecule has 0 radical (unpaired) electrons. The summed E-state index contributed by atoms with van der Waals surface area (Å²) < 4.78 is 37.5. The predicted octanol–water partition coefficient (Wildman–Crippen LogP) is 5.49. The highest BCUT2D eigenvalue weighted by Gasteiger charge is 2.46. The molecule has 2 saturated heterocycles. The lowest BCUT2D eigenvalue weighted by Gasteiger charge is -2.34. The normalized spacial score (nSPS) is 19.9. The Morgan fingerprint density at radius 2 is 1.79 bits per heavy atom. The van der Waals surface area contributed by atoms with Crippen molar-refractivity contribution in [3.05, 3.63) is 75.6 Å². The van der Waals surface area contributed by atoms with Gasteiger partial charge in [-0.3, -0.25) is 43.9 Å². The standard InChI is InChI=1S/C46H55F2N9O6/c1-28(58)54-21-16-36-35(27-54)43(55-18-8-9-29-23-33(30(25-49)26-50-2)34(42(47)48)24-38(29)55)52-57(36)31-14-19-53(20-15-31)17-5-3-4-6-22-63-39-11-7-10-32-41(39)46(62)56(45(32)61)37-12-13-40(59)51-44(37)60/h7,10-11,23-26,31,37,42H,3-6,8-9,12-22,27,49H2,1-2H3,(H,51,59,60)/b30-25+,50-26?. The number of nitrogens with one attached hydrogen (secondary N) is 1. The summed E-state index contributed by atoms with van der Waals surface area (Å²) in [6, 6.07) is 7.44. The van der Waals surface area contributed by atoms with Crippen LogP contribution in [0.5, 0.6) is 5.75 Å². The van der Waals surface area contributed by atoms with Crippen molar-refractivity contribution < 1.29 is 37.5 Å². The maximum Gasteiger partial charge on any atom is 0.266 e. The number of allylic oxidation sites excluding steroid dienone is 1. The smallest absolute Gasteiger partial charge is 0.266 e. The number of alkyl halides is 2. The molecule has 2 aromatic carbocycles. The average molecular weight is 868 g/mol. The summed E-state index contributed by atoms with van der Waals surface area (Å²) in [7, 11) is 1.58. The van der Waals surface area contributed by atoms with Gasteiger partial charge in [-0.2, -0.15) is 5.10 Å². The third kappa shape index (κ3) is 8.71. The molecule has 5 aliphatic heterocycles. The van der Waals surface area contributed by atoms with Gasteiger partial charge in [-0.25, -0.2) is 8.78 Å². The number of ether oxygens (including phenoxy) is 1. The zero-order chi connectivity index (χ0) is 44.4. The molecule has 17 heteroatoms. The molecule has 0 aliphatic carbocycles. The van der Waals surface area contributed by atoms with Crippen LogP contribution in [0.25, 0.3) is 5.57 Å². The van der Waals surface area contributed by atoms with Gasteiger partial charge in [0, 0.05) is 93.5 Å². The van der Waals surface area contributed by atoms with Gasteiger partial charge in [0.15, 0.2) is 5.82 Å². The van der Waals surface area contributed by atoms with E-state index in [0.29, 0.717) is 55.2 Å². The summed E-state index contributed by atoms with van der Waals surface area (Å²) in [5.41, 5.74) is 10.7. The molecule has 5 amide bonds. The maximum atomic E-state index is 14.7. The molecule has 0 bridgehead atoms. The van der Waals surface area contributed by atoms with Gasteiger partial charge < -0.3 is 25.2 Å². The number of halogens is 2. The molecule has 334 valence electrons. The van der Waals surface area contributed by atoms with Crippen LogP contribution in [0.2, 0.25) is 0 Å². The Bertz CT molecular complexity index is 2350. The van der Waals surface area contributed by atoms with Gasteiger partial charge in [0.2, 0.25) is 17.7 Å². The number of imide groups is 2. The number of rotatable bonds is 14. The van der Waals surface area contributed by atoms with Gasteiger partial charge in [-0.1, -0.05) is 18.9 Å². The molecule has 5 aliphatic rings. The fourth-order valence-electron chi connectivity index (χ4n) is 9.82.